The zero-order chi connectivity index (χ0) is 20.1. The molecule has 0 saturated carbocycles. The molecular formula is C22H24N6O. The summed E-state index contributed by atoms with van der Waals surface area (Å²) in [6.45, 7) is 5.51. The van der Waals surface area contributed by atoms with Gasteiger partial charge in [-0.3, -0.25) is 4.79 Å². The van der Waals surface area contributed by atoms with Crippen LogP contribution in [-0.2, 0) is 6.42 Å². The van der Waals surface area contributed by atoms with E-state index in [1.54, 1.807) is 6.07 Å². The second-order valence-corrected chi connectivity index (χ2v) is 6.94. The SMILES string of the molecule is CCc1ccc(NC(=O)c2ccc(N3CCN(c4ccccn4)CC3)nn2)cc1. The first kappa shape index (κ1) is 18.9. The number of carbonyl (C=O) groups is 1. The highest BCUT2D eigenvalue weighted by Crippen LogP contribution is 2.17. The average Bonchev–Trinajstić information content (AvgIpc) is 2.80. The van der Waals surface area contributed by atoms with E-state index < -0.39 is 0 Å². The van der Waals surface area contributed by atoms with E-state index in [2.05, 4.69) is 37.2 Å². The van der Waals surface area contributed by atoms with Crippen molar-refractivity contribution in [1.82, 2.24) is 15.2 Å². The number of aryl methyl sites for hydroxylation is 1. The van der Waals surface area contributed by atoms with Gasteiger partial charge in [-0.15, -0.1) is 10.2 Å². The zero-order valence-electron chi connectivity index (χ0n) is 16.5. The predicted molar refractivity (Wildman–Crippen MR) is 114 cm³/mol. The van der Waals surface area contributed by atoms with Crippen LogP contribution in [0.1, 0.15) is 23.0 Å². The van der Waals surface area contributed by atoms with Crippen molar-refractivity contribution in [1.29, 1.82) is 0 Å². The fraction of sp³-hybridized carbons (Fsp3) is 0.273. The Morgan fingerprint density at radius 2 is 1.62 bits per heavy atom. The number of pyridine rings is 1. The van der Waals surface area contributed by atoms with Crippen LogP contribution in [0.5, 0.6) is 0 Å². The van der Waals surface area contributed by atoms with Crippen LogP contribution in [0.25, 0.3) is 0 Å². The third-order valence-electron chi connectivity index (χ3n) is 5.08. The molecule has 0 atom stereocenters. The summed E-state index contributed by atoms with van der Waals surface area (Å²) in [6, 6.07) is 17.4. The Morgan fingerprint density at radius 1 is 0.897 bits per heavy atom. The van der Waals surface area contributed by atoms with Crippen molar-refractivity contribution in [3.63, 3.8) is 0 Å². The molecule has 3 heterocycles. The number of amides is 1. The molecule has 0 unspecified atom stereocenters. The second-order valence-electron chi connectivity index (χ2n) is 6.94. The van der Waals surface area contributed by atoms with Crippen LogP contribution in [0.2, 0.25) is 0 Å². The lowest BCUT2D eigenvalue weighted by Crippen LogP contribution is -2.47. The molecule has 1 saturated heterocycles. The van der Waals surface area contributed by atoms with E-state index >= 15 is 0 Å². The van der Waals surface area contributed by atoms with Crippen LogP contribution in [0.15, 0.2) is 60.8 Å². The molecule has 0 radical (unpaired) electrons. The monoisotopic (exact) mass is 388 g/mol. The third-order valence-corrected chi connectivity index (χ3v) is 5.08. The van der Waals surface area contributed by atoms with E-state index in [0.717, 1.165) is 49.9 Å². The van der Waals surface area contributed by atoms with Gasteiger partial charge in [-0.1, -0.05) is 25.1 Å². The maximum absolute atomic E-state index is 12.4. The van der Waals surface area contributed by atoms with Gasteiger partial charge < -0.3 is 15.1 Å². The van der Waals surface area contributed by atoms with Gasteiger partial charge in [0.25, 0.3) is 5.91 Å². The Labute approximate surface area is 170 Å². The summed E-state index contributed by atoms with van der Waals surface area (Å²) in [7, 11) is 0. The predicted octanol–water partition coefficient (Wildman–Crippen LogP) is 3.01. The maximum Gasteiger partial charge on any atom is 0.276 e. The highest BCUT2D eigenvalue weighted by Gasteiger charge is 2.19. The summed E-state index contributed by atoms with van der Waals surface area (Å²) in [5, 5.41) is 11.3. The second kappa shape index (κ2) is 8.68. The summed E-state index contributed by atoms with van der Waals surface area (Å²) in [6.07, 6.45) is 2.78. The van der Waals surface area contributed by atoms with E-state index in [0.29, 0.717) is 5.69 Å². The molecule has 1 amide bonds. The number of benzene rings is 1. The Hall–Kier alpha value is -3.48. The minimum absolute atomic E-state index is 0.256. The number of anilines is 3. The van der Waals surface area contributed by atoms with Gasteiger partial charge in [0, 0.05) is 38.1 Å². The fourth-order valence-corrected chi connectivity index (χ4v) is 3.34. The van der Waals surface area contributed by atoms with Crippen molar-refractivity contribution in [3.05, 3.63) is 72.1 Å². The molecule has 0 aliphatic carbocycles. The number of rotatable bonds is 5. The van der Waals surface area contributed by atoms with Crippen LogP contribution in [-0.4, -0.2) is 47.3 Å². The van der Waals surface area contributed by atoms with Gasteiger partial charge in [0.05, 0.1) is 0 Å². The van der Waals surface area contributed by atoms with Crippen LogP contribution in [0.4, 0.5) is 17.3 Å². The molecule has 1 fully saturated rings. The van der Waals surface area contributed by atoms with Crippen LogP contribution >= 0.6 is 0 Å². The quantitative estimate of drug-likeness (QED) is 0.724. The van der Waals surface area contributed by atoms with Crippen LogP contribution < -0.4 is 15.1 Å². The molecule has 4 rings (SSSR count). The van der Waals surface area contributed by atoms with Gasteiger partial charge in [-0.25, -0.2) is 4.98 Å². The van der Waals surface area contributed by atoms with Crippen molar-refractivity contribution >= 4 is 23.2 Å². The van der Waals surface area contributed by atoms with E-state index in [9.17, 15) is 4.79 Å². The lowest BCUT2D eigenvalue weighted by molar-refractivity contribution is 0.102. The number of hydrogen-bond acceptors (Lipinski definition) is 6. The average molecular weight is 388 g/mol. The van der Waals surface area contributed by atoms with Crippen molar-refractivity contribution < 1.29 is 4.79 Å². The smallest absolute Gasteiger partial charge is 0.276 e. The number of carbonyl (C=O) groups excluding carboxylic acids is 1. The lowest BCUT2D eigenvalue weighted by atomic mass is 10.1. The van der Waals surface area contributed by atoms with Crippen LogP contribution in [0, 0.1) is 0 Å². The van der Waals surface area contributed by atoms with Gasteiger partial charge in [0.15, 0.2) is 11.5 Å². The standard InChI is InChI=1S/C22H24N6O/c1-2-17-6-8-18(9-7-17)24-22(29)19-10-11-21(26-25-19)28-15-13-27(14-16-28)20-5-3-4-12-23-20/h3-12H,2,13-16H2,1H3,(H,24,29). The molecule has 1 aromatic carbocycles. The maximum atomic E-state index is 12.4. The first-order chi connectivity index (χ1) is 14.2. The topological polar surface area (TPSA) is 74.2 Å². The Balaban J connectivity index is 1.34. The Bertz CT molecular complexity index is 935. The first-order valence-electron chi connectivity index (χ1n) is 9.88. The van der Waals surface area contributed by atoms with Gasteiger partial charge in [0.1, 0.15) is 5.82 Å². The van der Waals surface area contributed by atoms with Gasteiger partial charge in [0.2, 0.25) is 0 Å². The lowest BCUT2D eigenvalue weighted by Gasteiger charge is -2.35. The summed E-state index contributed by atoms with van der Waals surface area (Å²) in [5.41, 5.74) is 2.29. The van der Waals surface area contributed by atoms with Gasteiger partial charge in [-0.2, -0.15) is 0 Å². The number of aromatic nitrogens is 3. The largest absolute Gasteiger partial charge is 0.353 e. The van der Waals surface area contributed by atoms with Crippen molar-refractivity contribution in [2.24, 2.45) is 0 Å². The number of piperazine rings is 1. The highest BCUT2D eigenvalue weighted by atomic mass is 16.1. The molecule has 2 aromatic heterocycles. The van der Waals surface area contributed by atoms with Crippen molar-refractivity contribution in [2.75, 3.05) is 41.3 Å². The van der Waals surface area contributed by atoms with Crippen molar-refractivity contribution in [2.45, 2.75) is 13.3 Å². The Morgan fingerprint density at radius 3 is 2.21 bits per heavy atom. The molecule has 29 heavy (non-hydrogen) atoms. The normalized spacial score (nSPS) is 14.0. The molecule has 1 aliphatic rings. The fourth-order valence-electron chi connectivity index (χ4n) is 3.34. The van der Waals surface area contributed by atoms with E-state index in [1.165, 1.54) is 5.56 Å². The molecule has 3 aromatic rings. The van der Waals surface area contributed by atoms with E-state index in [-0.39, 0.29) is 5.91 Å². The first-order valence-corrected chi connectivity index (χ1v) is 9.88. The molecule has 148 valence electrons. The van der Waals surface area contributed by atoms with Gasteiger partial charge in [-0.05, 0) is 48.4 Å². The molecule has 1 N–H and O–H groups in total. The van der Waals surface area contributed by atoms with Crippen molar-refractivity contribution in [3.8, 4) is 0 Å². The summed E-state index contributed by atoms with van der Waals surface area (Å²) in [4.78, 5) is 21.3. The highest BCUT2D eigenvalue weighted by molar-refractivity contribution is 6.02. The summed E-state index contributed by atoms with van der Waals surface area (Å²) < 4.78 is 0. The Kier molecular flexibility index (Phi) is 5.65. The van der Waals surface area contributed by atoms with Gasteiger partial charge >= 0.3 is 0 Å². The number of hydrogen-bond donors (Lipinski definition) is 1. The number of nitrogens with one attached hydrogen (secondary N) is 1. The molecule has 7 heteroatoms. The molecule has 1 aliphatic heterocycles. The van der Waals surface area contributed by atoms with E-state index in [4.69, 9.17) is 0 Å². The molecule has 0 spiro atoms. The minimum atomic E-state index is -0.256. The third kappa shape index (κ3) is 4.51. The van der Waals surface area contributed by atoms with E-state index in [1.807, 2.05) is 54.7 Å². The molecule has 0 bridgehead atoms. The minimum Gasteiger partial charge on any atom is -0.353 e. The molecule has 7 nitrogen and oxygen atoms in total. The zero-order valence-corrected chi connectivity index (χ0v) is 16.5. The number of nitrogens with zero attached hydrogens (tertiary/aromatic N) is 5. The summed E-state index contributed by atoms with van der Waals surface area (Å²) >= 11 is 0. The summed E-state index contributed by atoms with van der Waals surface area (Å²) in [5.74, 6) is 1.53. The van der Waals surface area contributed by atoms with Crippen LogP contribution in [0.3, 0.4) is 0 Å². The molecular weight excluding hydrogens is 364 g/mol.